The molecule has 0 unspecified atom stereocenters. The molecule has 2 rings (SSSR count). The van der Waals surface area contributed by atoms with Gasteiger partial charge in [-0.05, 0) is 52.9 Å². The number of benzene rings is 2. The zero-order valence-corrected chi connectivity index (χ0v) is 16.5. The van der Waals surface area contributed by atoms with Gasteiger partial charge in [0.25, 0.3) is 0 Å². The van der Waals surface area contributed by atoms with Gasteiger partial charge in [-0.15, -0.1) is 0 Å². The van der Waals surface area contributed by atoms with Gasteiger partial charge in [0, 0.05) is 13.3 Å². The zero-order valence-electron chi connectivity index (χ0n) is 16.5. The highest BCUT2D eigenvalue weighted by Gasteiger charge is 2.12. The minimum atomic E-state index is -0.196. The first kappa shape index (κ1) is 20.5. The number of carbonyl (C=O) groups excluding carboxylic acids is 1. The molecule has 5 nitrogen and oxygen atoms in total. The molecule has 0 aliphatic rings. The van der Waals surface area contributed by atoms with Crippen molar-refractivity contribution in [2.45, 2.75) is 39.5 Å². The number of rotatable bonds is 8. The lowest BCUT2D eigenvalue weighted by molar-refractivity contribution is -0.118. The minimum absolute atomic E-state index is 0.151. The van der Waals surface area contributed by atoms with Crippen LogP contribution < -0.4 is 14.9 Å². The number of nitrogens with zero attached hydrogens (tertiary/aromatic N) is 1. The molecule has 0 spiro atoms. The van der Waals surface area contributed by atoms with Crippen LogP contribution in [0, 0.1) is 0 Å². The molecule has 1 amide bonds. The fourth-order valence-corrected chi connectivity index (χ4v) is 2.34. The Morgan fingerprint density at radius 1 is 0.963 bits per heavy atom. The molecule has 0 aromatic heterocycles. The van der Waals surface area contributed by atoms with Gasteiger partial charge in [0.05, 0.1) is 19.4 Å². The maximum atomic E-state index is 10.7. The van der Waals surface area contributed by atoms with E-state index in [0.29, 0.717) is 13.2 Å². The van der Waals surface area contributed by atoms with Crippen LogP contribution in [0.4, 0.5) is 0 Å². The smallest absolute Gasteiger partial charge is 0.236 e. The summed E-state index contributed by atoms with van der Waals surface area (Å²) < 4.78 is 11.5. The fraction of sp³-hybridized carbons (Fsp3) is 0.364. The van der Waals surface area contributed by atoms with Crippen LogP contribution in [0.5, 0.6) is 11.5 Å². The first-order chi connectivity index (χ1) is 12.8. The Bertz CT molecular complexity index is 745. The number of hydrogen-bond acceptors (Lipinski definition) is 4. The third kappa shape index (κ3) is 7.52. The Balaban J connectivity index is 1.68. The Morgan fingerprint density at radius 3 is 1.96 bits per heavy atom. The predicted molar refractivity (Wildman–Crippen MR) is 109 cm³/mol. The first-order valence-electron chi connectivity index (χ1n) is 9.10. The van der Waals surface area contributed by atoms with E-state index in [0.717, 1.165) is 23.5 Å². The van der Waals surface area contributed by atoms with Crippen molar-refractivity contribution in [3.63, 3.8) is 0 Å². The van der Waals surface area contributed by atoms with Gasteiger partial charge in [0.15, 0.2) is 0 Å². The summed E-state index contributed by atoms with van der Waals surface area (Å²) in [7, 11) is 0. The molecule has 0 aliphatic carbocycles. The summed E-state index contributed by atoms with van der Waals surface area (Å²) in [5, 5.41) is 3.82. The minimum Gasteiger partial charge on any atom is -0.493 e. The third-order valence-corrected chi connectivity index (χ3v) is 3.86. The Hall–Kier alpha value is -2.82. The SMILES string of the molecule is CC(=O)N/N=C/c1ccc(OCCCOc2ccc(C(C)(C)C)cc2)cc1. The van der Waals surface area contributed by atoms with Crippen LogP contribution in [-0.4, -0.2) is 25.3 Å². The second-order valence-electron chi connectivity index (χ2n) is 7.32. The Labute approximate surface area is 161 Å². The summed E-state index contributed by atoms with van der Waals surface area (Å²) in [4.78, 5) is 10.7. The number of amides is 1. The Morgan fingerprint density at radius 2 is 1.48 bits per heavy atom. The fourth-order valence-electron chi connectivity index (χ4n) is 2.34. The monoisotopic (exact) mass is 368 g/mol. The maximum absolute atomic E-state index is 10.7. The molecule has 0 heterocycles. The molecular formula is C22H28N2O3. The van der Waals surface area contributed by atoms with Gasteiger partial charge < -0.3 is 9.47 Å². The molecule has 0 saturated carbocycles. The summed E-state index contributed by atoms with van der Waals surface area (Å²) in [5.74, 6) is 1.48. The quantitative estimate of drug-likeness (QED) is 0.429. The van der Waals surface area contributed by atoms with Gasteiger partial charge in [0.1, 0.15) is 11.5 Å². The van der Waals surface area contributed by atoms with E-state index in [9.17, 15) is 4.79 Å². The Kier molecular flexibility index (Phi) is 7.41. The number of ether oxygens (including phenoxy) is 2. The van der Waals surface area contributed by atoms with E-state index in [-0.39, 0.29) is 11.3 Å². The third-order valence-electron chi connectivity index (χ3n) is 3.86. The molecule has 2 aromatic rings. The summed E-state index contributed by atoms with van der Waals surface area (Å²) in [6, 6.07) is 15.8. The average molecular weight is 368 g/mol. The van der Waals surface area contributed by atoms with Gasteiger partial charge in [-0.3, -0.25) is 4.79 Å². The summed E-state index contributed by atoms with van der Waals surface area (Å²) in [5.41, 5.74) is 4.70. The van der Waals surface area contributed by atoms with Crippen molar-refractivity contribution < 1.29 is 14.3 Å². The second-order valence-corrected chi connectivity index (χ2v) is 7.32. The molecule has 144 valence electrons. The average Bonchev–Trinajstić information content (AvgIpc) is 2.62. The van der Waals surface area contributed by atoms with E-state index in [1.165, 1.54) is 12.5 Å². The number of nitrogens with one attached hydrogen (secondary N) is 1. The summed E-state index contributed by atoms with van der Waals surface area (Å²) in [6.45, 7) is 9.20. The molecular weight excluding hydrogens is 340 g/mol. The zero-order chi connectivity index (χ0) is 19.7. The standard InChI is InChI=1S/C22H28N2O3/c1-17(25)24-23-16-18-6-10-20(11-7-18)26-14-5-15-27-21-12-8-19(9-13-21)22(2,3)4/h6-13,16H,5,14-15H2,1-4H3,(H,24,25)/b23-16+. The van der Waals surface area contributed by atoms with Crippen molar-refractivity contribution in [3.05, 3.63) is 59.7 Å². The second kappa shape index (κ2) is 9.76. The van der Waals surface area contributed by atoms with Crippen LogP contribution in [0.3, 0.4) is 0 Å². The van der Waals surface area contributed by atoms with E-state index in [1.54, 1.807) is 6.21 Å². The van der Waals surface area contributed by atoms with Crippen molar-refractivity contribution in [1.82, 2.24) is 5.43 Å². The largest absolute Gasteiger partial charge is 0.493 e. The van der Waals surface area contributed by atoms with Crippen LogP contribution in [0.1, 0.15) is 45.2 Å². The van der Waals surface area contributed by atoms with E-state index in [4.69, 9.17) is 9.47 Å². The van der Waals surface area contributed by atoms with Crippen LogP contribution in [0.25, 0.3) is 0 Å². The van der Waals surface area contributed by atoms with Crippen molar-refractivity contribution in [2.24, 2.45) is 5.10 Å². The first-order valence-corrected chi connectivity index (χ1v) is 9.10. The van der Waals surface area contributed by atoms with Gasteiger partial charge in [-0.2, -0.15) is 5.10 Å². The molecule has 0 bridgehead atoms. The van der Waals surface area contributed by atoms with Crippen molar-refractivity contribution in [2.75, 3.05) is 13.2 Å². The molecule has 0 radical (unpaired) electrons. The molecule has 0 atom stereocenters. The maximum Gasteiger partial charge on any atom is 0.236 e. The van der Waals surface area contributed by atoms with E-state index in [1.807, 2.05) is 36.4 Å². The molecule has 27 heavy (non-hydrogen) atoms. The summed E-state index contributed by atoms with van der Waals surface area (Å²) >= 11 is 0. The van der Waals surface area contributed by atoms with Crippen molar-refractivity contribution in [1.29, 1.82) is 0 Å². The molecule has 5 heteroatoms. The van der Waals surface area contributed by atoms with Gasteiger partial charge in [-0.25, -0.2) is 5.43 Å². The number of carbonyl (C=O) groups is 1. The van der Waals surface area contributed by atoms with E-state index in [2.05, 4.69) is 43.4 Å². The molecule has 0 fully saturated rings. The van der Waals surface area contributed by atoms with Gasteiger partial charge >= 0.3 is 0 Å². The highest BCUT2D eigenvalue weighted by atomic mass is 16.5. The highest BCUT2D eigenvalue weighted by Crippen LogP contribution is 2.24. The van der Waals surface area contributed by atoms with Crippen LogP contribution in [0.15, 0.2) is 53.6 Å². The predicted octanol–water partition coefficient (Wildman–Crippen LogP) is 4.30. The van der Waals surface area contributed by atoms with Crippen LogP contribution >= 0.6 is 0 Å². The topological polar surface area (TPSA) is 59.9 Å². The number of hydrogen-bond donors (Lipinski definition) is 1. The van der Waals surface area contributed by atoms with Crippen LogP contribution in [0.2, 0.25) is 0 Å². The van der Waals surface area contributed by atoms with E-state index < -0.39 is 0 Å². The van der Waals surface area contributed by atoms with Crippen molar-refractivity contribution in [3.8, 4) is 11.5 Å². The lowest BCUT2D eigenvalue weighted by Crippen LogP contribution is -2.12. The molecule has 2 aromatic carbocycles. The van der Waals surface area contributed by atoms with Gasteiger partial charge in [0.2, 0.25) is 5.91 Å². The molecule has 1 N–H and O–H groups in total. The lowest BCUT2D eigenvalue weighted by Gasteiger charge is -2.19. The highest BCUT2D eigenvalue weighted by molar-refractivity contribution is 5.81. The van der Waals surface area contributed by atoms with Crippen molar-refractivity contribution >= 4 is 12.1 Å². The molecule has 0 saturated heterocycles. The van der Waals surface area contributed by atoms with E-state index >= 15 is 0 Å². The summed E-state index contributed by atoms with van der Waals surface area (Å²) in [6.07, 6.45) is 2.39. The van der Waals surface area contributed by atoms with Crippen LogP contribution in [-0.2, 0) is 10.2 Å². The normalized spacial score (nSPS) is 11.4. The number of hydrazone groups is 1. The molecule has 0 aliphatic heterocycles. The lowest BCUT2D eigenvalue weighted by atomic mass is 9.87. The van der Waals surface area contributed by atoms with Gasteiger partial charge in [-0.1, -0.05) is 32.9 Å².